The van der Waals surface area contributed by atoms with Gasteiger partial charge in [-0.3, -0.25) is 4.79 Å². The molecule has 0 bridgehead atoms. The molecule has 1 saturated carbocycles. The molecule has 0 aromatic heterocycles. The number of nitrogens with one attached hydrogen (secondary N) is 1. The lowest BCUT2D eigenvalue weighted by Gasteiger charge is -2.29. The summed E-state index contributed by atoms with van der Waals surface area (Å²) < 4.78 is 37.8. The van der Waals surface area contributed by atoms with Gasteiger partial charge in [-0.25, -0.2) is 12.8 Å². The highest BCUT2D eigenvalue weighted by atomic mass is 35.5. The highest BCUT2D eigenvalue weighted by Gasteiger charge is 2.35. The molecule has 1 amide bonds. The second-order valence-corrected chi connectivity index (χ2v) is 8.62. The fourth-order valence-electron chi connectivity index (χ4n) is 3.01. The van der Waals surface area contributed by atoms with Crippen molar-refractivity contribution in [2.75, 3.05) is 6.54 Å². The van der Waals surface area contributed by atoms with Crippen LogP contribution in [0.5, 0.6) is 0 Å². The van der Waals surface area contributed by atoms with Gasteiger partial charge in [0.25, 0.3) is 0 Å². The molecule has 5 nitrogen and oxygen atoms in total. The minimum absolute atomic E-state index is 0. The zero-order chi connectivity index (χ0) is 17.1. The van der Waals surface area contributed by atoms with Crippen molar-refractivity contribution < 1.29 is 17.6 Å². The van der Waals surface area contributed by atoms with Gasteiger partial charge in [0.05, 0.1) is 15.7 Å². The Kier molecular flexibility index (Phi) is 7.19. The van der Waals surface area contributed by atoms with Crippen molar-refractivity contribution in [2.24, 2.45) is 5.73 Å². The lowest BCUT2D eigenvalue weighted by atomic mass is 9.97. The van der Waals surface area contributed by atoms with Crippen LogP contribution in [-0.2, 0) is 14.6 Å². The Bertz CT molecular complexity index is 658. The van der Waals surface area contributed by atoms with E-state index in [1.165, 1.54) is 19.1 Å². The highest BCUT2D eigenvalue weighted by Crippen LogP contribution is 2.29. The number of sulfone groups is 1. The van der Waals surface area contributed by atoms with Crippen molar-refractivity contribution in [3.05, 3.63) is 30.1 Å². The first kappa shape index (κ1) is 20.9. The standard InChI is InChI=1S/C16H23FN2O3S.ClH/c1-12(23(21,22)14-6-4-13(17)5-7-14)10-15(20)19-16(11-18)8-2-3-9-16;/h4-7,12H,2-3,8-11,18H2,1H3,(H,19,20);1H. The van der Waals surface area contributed by atoms with Gasteiger partial charge in [0.2, 0.25) is 5.91 Å². The van der Waals surface area contributed by atoms with Crippen LogP contribution in [0.15, 0.2) is 29.2 Å². The number of nitrogens with two attached hydrogens (primary N) is 1. The Balaban J connectivity index is 0.00000288. The summed E-state index contributed by atoms with van der Waals surface area (Å²) in [5, 5.41) is 2.03. The molecule has 3 N–H and O–H groups in total. The summed E-state index contributed by atoms with van der Waals surface area (Å²) in [6.07, 6.45) is 3.55. The zero-order valence-corrected chi connectivity index (χ0v) is 15.3. The van der Waals surface area contributed by atoms with E-state index < -0.39 is 26.4 Å². The molecule has 136 valence electrons. The van der Waals surface area contributed by atoms with E-state index in [1.54, 1.807) is 0 Å². The first-order valence-corrected chi connectivity index (χ1v) is 9.34. The lowest BCUT2D eigenvalue weighted by Crippen LogP contribution is -2.52. The number of halogens is 2. The van der Waals surface area contributed by atoms with Gasteiger partial charge in [-0.1, -0.05) is 12.8 Å². The largest absolute Gasteiger partial charge is 0.349 e. The second-order valence-electron chi connectivity index (χ2n) is 6.25. The molecule has 0 saturated heterocycles. The van der Waals surface area contributed by atoms with Crippen LogP contribution in [0.4, 0.5) is 4.39 Å². The number of hydrogen-bond acceptors (Lipinski definition) is 4. The molecule has 2 rings (SSSR count). The Morgan fingerprint density at radius 2 is 1.83 bits per heavy atom. The van der Waals surface area contributed by atoms with Gasteiger partial charge in [-0.15, -0.1) is 12.4 Å². The first-order valence-electron chi connectivity index (χ1n) is 7.80. The van der Waals surface area contributed by atoms with E-state index in [2.05, 4.69) is 5.32 Å². The molecular weight excluding hydrogens is 355 g/mol. The van der Waals surface area contributed by atoms with Gasteiger partial charge in [0.15, 0.2) is 9.84 Å². The maximum atomic E-state index is 12.9. The minimum atomic E-state index is -3.67. The molecule has 1 atom stereocenters. The Morgan fingerprint density at radius 3 is 2.33 bits per heavy atom. The van der Waals surface area contributed by atoms with E-state index in [0.29, 0.717) is 6.54 Å². The average molecular weight is 379 g/mol. The van der Waals surface area contributed by atoms with Crippen molar-refractivity contribution in [3.8, 4) is 0 Å². The van der Waals surface area contributed by atoms with E-state index in [0.717, 1.165) is 37.8 Å². The van der Waals surface area contributed by atoms with E-state index in [1.807, 2.05) is 0 Å². The summed E-state index contributed by atoms with van der Waals surface area (Å²) in [6, 6.07) is 4.64. The van der Waals surface area contributed by atoms with E-state index in [9.17, 15) is 17.6 Å². The lowest BCUT2D eigenvalue weighted by molar-refractivity contribution is -0.122. The van der Waals surface area contributed by atoms with Gasteiger partial charge in [0, 0.05) is 13.0 Å². The van der Waals surface area contributed by atoms with Crippen molar-refractivity contribution in [1.82, 2.24) is 5.32 Å². The van der Waals surface area contributed by atoms with Gasteiger partial charge in [0.1, 0.15) is 5.82 Å². The first-order chi connectivity index (χ1) is 10.8. The second kappa shape index (κ2) is 8.27. The Morgan fingerprint density at radius 1 is 1.29 bits per heavy atom. The van der Waals surface area contributed by atoms with Gasteiger partial charge < -0.3 is 11.1 Å². The Hall–Kier alpha value is -1.18. The number of carbonyl (C=O) groups excluding carboxylic acids is 1. The van der Waals surface area contributed by atoms with Crippen LogP contribution in [-0.4, -0.2) is 31.7 Å². The third kappa shape index (κ3) is 4.68. The third-order valence-corrected chi connectivity index (χ3v) is 6.66. The summed E-state index contributed by atoms with van der Waals surface area (Å²) in [4.78, 5) is 12.2. The van der Waals surface area contributed by atoms with Crippen LogP contribution in [0.25, 0.3) is 0 Å². The van der Waals surface area contributed by atoms with Crippen LogP contribution < -0.4 is 11.1 Å². The molecule has 0 radical (unpaired) electrons. The predicted octanol–water partition coefficient (Wildman–Crippen LogP) is 2.19. The minimum Gasteiger partial charge on any atom is -0.349 e. The van der Waals surface area contributed by atoms with E-state index >= 15 is 0 Å². The fourth-order valence-corrected chi connectivity index (χ4v) is 4.36. The molecule has 1 aromatic rings. The summed E-state index contributed by atoms with van der Waals surface area (Å²) in [5.41, 5.74) is 5.38. The highest BCUT2D eigenvalue weighted by molar-refractivity contribution is 7.92. The predicted molar refractivity (Wildman–Crippen MR) is 93.3 cm³/mol. The topological polar surface area (TPSA) is 89.3 Å². The molecule has 0 heterocycles. The van der Waals surface area contributed by atoms with Crippen molar-refractivity contribution >= 4 is 28.2 Å². The maximum Gasteiger partial charge on any atom is 0.221 e. The summed E-state index contributed by atoms with van der Waals surface area (Å²) >= 11 is 0. The maximum absolute atomic E-state index is 12.9. The average Bonchev–Trinajstić information content (AvgIpc) is 2.96. The Labute approximate surface area is 148 Å². The molecule has 8 heteroatoms. The monoisotopic (exact) mass is 378 g/mol. The molecule has 1 aliphatic carbocycles. The molecule has 0 spiro atoms. The molecule has 1 aromatic carbocycles. The number of benzene rings is 1. The number of amides is 1. The van der Waals surface area contributed by atoms with E-state index in [-0.39, 0.29) is 29.6 Å². The van der Waals surface area contributed by atoms with Gasteiger partial charge in [-0.2, -0.15) is 0 Å². The number of hydrogen-bond donors (Lipinski definition) is 2. The van der Waals surface area contributed by atoms with Crippen LogP contribution in [0.3, 0.4) is 0 Å². The van der Waals surface area contributed by atoms with Gasteiger partial charge >= 0.3 is 0 Å². The normalized spacial score (nSPS) is 17.8. The van der Waals surface area contributed by atoms with Crippen LogP contribution >= 0.6 is 12.4 Å². The van der Waals surface area contributed by atoms with Crippen molar-refractivity contribution in [1.29, 1.82) is 0 Å². The molecule has 1 unspecified atom stereocenters. The smallest absolute Gasteiger partial charge is 0.221 e. The fraction of sp³-hybridized carbons (Fsp3) is 0.562. The van der Waals surface area contributed by atoms with Gasteiger partial charge in [-0.05, 0) is 44.0 Å². The number of rotatable bonds is 6. The summed E-state index contributed by atoms with van der Waals surface area (Å²) in [5.74, 6) is -0.809. The zero-order valence-electron chi connectivity index (χ0n) is 13.6. The molecule has 1 fully saturated rings. The van der Waals surface area contributed by atoms with Crippen LogP contribution in [0.2, 0.25) is 0 Å². The molecule has 0 aliphatic heterocycles. The van der Waals surface area contributed by atoms with Crippen molar-refractivity contribution in [2.45, 2.75) is 54.7 Å². The molecule has 24 heavy (non-hydrogen) atoms. The van der Waals surface area contributed by atoms with Crippen molar-refractivity contribution in [3.63, 3.8) is 0 Å². The molecule has 1 aliphatic rings. The molecular formula is C16H24ClFN2O3S. The summed E-state index contributed by atoms with van der Waals surface area (Å²) in [6.45, 7) is 1.85. The number of carbonyl (C=O) groups is 1. The van der Waals surface area contributed by atoms with E-state index in [4.69, 9.17) is 5.73 Å². The van der Waals surface area contributed by atoms with Crippen LogP contribution in [0.1, 0.15) is 39.0 Å². The van der Waals surface area contributed by atoms with Crippen LogP contribution in [0, 0.1) is 5.82 Å². The quantitative estimate of drug-likeness (QED) is 0.742. The summed E-state index contributed by atoms with van der Waals surface area (Å²) in [7, 11) is -3.67. The third-order valence-electron chi connectivity index (χ3n) is 4.50. The SMILES string of the molecule is CC(CC(=O)NC1(CN)CCCC1)S(=O)(=O)c1ccc(F)cc1.Cl.